The molecule has 0 heterocycles. The van der Waals surface area contributed by atoms with Gasteiger partial charge in [-0.05, 0) is 59.9 Å². The van der Waals surface area contributed by atoms with Crippen LogP contribution in [0, 0.1) is 11.6 Å². The molecule has 188 valence electrons. The van der Waals surface area contributed by atoms with Crippen molar-refractivity contribution in [3.05, 3.63) is 113 Å². The number of methoxy groups -OCH3 is 1. The maximum absolute atomic E-state index is 14.1. The Morgan fingerprint density at radius 3 is 2.56 bits per heavy atom. The predicted octanol–water partition coefficient (Wildman–Crippen LogP) is 8.02. The molecule has 0 aliphatic heterocycles. The average Bonchev–Trinajstić information content (AvgIpc) is 3.38. The normalized spacial score (nSPS) is 15.2. The second kappa shape index (κ2) is 12.8. The molecule has 5 heteroatoms. The molecule has 1 aliphatic rings. The molecule has 0 radical (unpaired) electrons. The third kappa shape index (κ3) is 6.09. The van der Waals surface area contributed by atoms with Crippen LogP contribution in [0.3, 0.4) is 0 Å². The summed E-state index contributed by atoms with van der Waals surface area (Å²) >= 11 is 0. The fraction of sp³-hybridized carbons (Fsp3) is 0.258. The minimum Gasteiger partial charge on any atom is -0.496 e. The van der Waals surface area contributed by atoms with Gasteiger partial charge in [-0.2, -0.15) is 0 Å². The van der Waals surface area contributed by atoms with Crippen LogP contribution >= 0.6 is 0 Å². The maximum atomic E-state index is 14.1. The van der Waals surface area contributed by atoms with Crippen LogP contribution in [-0.2, 0) is 6.54 Å². The van der Waals surface area contributed by atoms with Gasteiger partial charge in [-0.3, -0.25) is 4.79 Å². The Morgan fingerprint density at radius 2 is 1.83 bits per heavy atom. The number of rotatable bonds is 7. The molecule has 0 saturated heterocycles. The van der Waals surface area contributed by atoms with E-state index in [-0.39, 0.29) is 18.5 Å². The van der Waals surface area contributed by atoms with Gasteiger partial charge in [0.2, 0.25) is 0 Å². The largest absolute Gasteiger partial charge is 0.496 e. The van der Waals surface area contributed by atoms with Crippen LogP contribution in [0.2, 0.25) is 0 Å². The summed E-state index contributed by atoms with van der Waals surface area (Å²) in [6.07, 6.45) is 11.4. The number of carbonyl (C=O) groups excluding carboxylic acids is 1. The van der Waals surface area contributed by atoms with Crippen molar-refractivity contribution < 1.29 is 18.3 Å². The molecule has 1 atom stereocenters. The number of hydrogen-bond acceptors (Lipinski definition) is 2. The third-order valence-electron chi connectivity index (χ3n) is 6.10. The van der Waals surface area contributed by atoms with E-state index in [1.807, 2.05) is 75.4 Å². The molecule has 4 rings (SSSR count). The highest BCUT2D eigenvalue weighted by molar-refractivity contribution is 6.09. The molecule has 3 aromatic rings. The van der Waals surface area contributed by atoms with Crippen molar-refractivity contribution in [1.82, 2.24) is 4.90 Å². The molecular formula is C31H33F2NO2. The minimum atomic E-state index is -0.924. The topological polar surface area (TPSA) is 29.5 Å². The molecule has 1 aliphatic carbocycles. The third-order valence-corrected chi connectivity index (χ3v) is 6.10. The molecule has 0 N–H and O–H groups in total. The highest BCUT2D eigenvalue weighted by atomic mass is 19.2. The van der Waals surface area contributed by atoms with Gasteiger partial charge >= 0.3 is 0 Å². The summed E-state index contributed by atoms with van der Waals surface area (Å²) in [5, 5.41) is 1.72. The van der Waals surface area contributed by atoms with Gasteiger partial charge in [0.25, 0.3) is 5.91 Å². The molecule has 0 aromatic heterocycles. The first-order chi connectivity index (χ1) is 17.5. The number of amides is 1. The smallest absolute Gasteiger partial charge is 0.258 e. The Labute approximate surface area is 212 Å². The molecule has 1 unspecified atom stereocenters. The number of ether oxygens (including phenoxy) is 1. The lowest BCUT2D eigenvalue weighted by molar-refractivity contribution is 0.0667. The van der Waals surface area contributed by atoms with Gasteiger partial charge < -0.3 is 9.64 Å². The lowest BCUT2D eigenvalue weighted by atomic mass is 10.0. The summed E-state index contributed by atoms with van der Waals surface area (Å²) in [6.45, 7) is 6.11. The van der Waals surface area contributed by atoms with Crippen LogP contribution in [0.4, 0.5) is 8.78 Å². The average molecular weight is 490 g/mol. The van der Waals surface area contributed by atoms with Gasteiger partial charge in [-0.15, -0.1) is 0 Å². The summed E-state index contributed by atoms with van der Waals surface area (Å²) < 4.78 is 33.1. The number of nitrogens with zero attached hydrogens (tertiary/aromatic N) is 1. The fourth-order valence-electron chi connectivity index (χ4n) is 4.38. The van der Waals surface area contributed by atoms with E-state index in [0.29, 0.717) is 29.7 Å². The molecule has 0 fully saturated rings. The zero-order valence-corrected chi connectivity index (χ0v) is 21.3. The number of benzene rings is 3. The molecule has 0 spiro atoms. The van der Waals surface area contributed by atoms with Gasteiger partial charge in [0.05, 0.1) is 12.7 Å². The summed E-state index contributed by atoms with van der Waals surface area (Å²) in [5.74, 6) is -1.54. The van der Waals surface area contributed by atoms with Crippen LogP contribution in [0.5, 0.6) is 5.75 Å². The first kappa shape index (κ1) is 26.9. The van der Waals surface area contributed by atoms with Crippen molar-refractivity contribution in [3.63, 3.8) is 0 Å². The van der Waals surface area contributed by atoms with Gasteiger partial charge in [-0.1, -0.05) is 80.6 Å². The van der Waals surface area contributed by atoms with E-state index in [1.165, 1.54) is 6.07 Å². The zero-order valence-electron chi connectivity index (χ0n) is 21.3. The Hall–Kier alpha value is -3.73. The lowest BCUT2D eigenvalue weighted by Gasteiger charge is -2.30. The van der Waals surface area contributed by atoms with Crippen molar-refractivity contribution in [1.29, 1.82) is 0 Å². The molecular weight excluding hydrogens is 456 g/mol. The molecule has 0 saturated carbocycles. The SMILES string of the molecule is C/C=C\C=C/C1=CCC(N(Cc2ccc(F)c(F)c2)C(=O)c2c(OC)ccc3ccccc23)C1.CC. The number of fused-ring (bicyclic) bond motifs is 1. The van der Waals surface area contributed by atoms with Crippen LogP contribution in [0.1, 0.15) is 49.5 Å². The van der Waals surface area contributed by atoms with E-state index in [4.69, 9.17) is 4.74 Å². The second-order valence-corrected chi connectivity index (χ2v) is 8.30. The van der Waals surface area contributed by atoms with E-state index in [0.717, 1.165) is 28.5 Å². The predicted molar refractivity (Wildman–Crippen MR) is 143 cm³/mol. The van der Waals surface area contributed by atoms with Gasteiger partial charge in [0, 0.05) is 12.6 Å². The fourth-order valence-corrected chi connectivity index (χ4v) is 4.38. The van der Waals surface area contributed by atoms with Crippen molar-refractivity contribution in [2.45, 2.75) is 46.2 Å². The molecule has 0 bridgehead atoms. The van der Waals surface area contributed by atoms with Crippen LogP contribution in [0.25, 0.3) is 10.8 Å². The van der Waals surface area contributed by atoms with E-state index in [2.05, 4.69) is 6.08 Å². The summed E-state index contributed by atoms with van der Waals surface area (Å²) in [5.41, 5.74) is 2.14. The van der Waals surface area contributed by atoms with Crippen LogP contribution < -0.4 is 4.74 Å². The number of halogens is 2. The zero-order chi connectivity index (χ0) is 26.1. The van der Waals surface area contributed by atoms with Gasteiger partial charge in [-0.25, -0.2) is 8.78 Å². The highest BCUT2D eigenvalue weighted by Crippen LogP contribution is 2.33. The number of allylic oxidation sites excluding steroid dienone is 4. The molecule has 3 aromatic carbocycles. The second-order valence-electron chi connectivity index (χ2n) is 8.30. The Kier molecular flexibility index (Phi) is 9.57. The van der Waals surface area contributed by atoms with Crippen LogP contribution in [-0.4, -0.2) is 24.0 Å². The quantitative estimate of drug-likeness (QED) is 0.315. The first-order valence-electron chi connectivity index (χ1n) is 12.3. The van der Waals surface area contributed by atoms with Crippen LogP contribution in [0.15, 0.2) is 90.6 Å². The summed E-state index contributed by atoms with van der Waals surface area (Å²) in [4.78, 5) is 15.8. The van der Waals surface area contributed by atoms with E-state index in [9.17, 15) is 13.6 Å². The standard InChI is InChI=1S/C29H27F2NO2.C2H6/c1-3-4-5-8-20-11-14-23(17-20)32(19-21-12-15-25(30)26(31)18-21)29(33)28-24-10-7-6-9-22(24)13-16-27(28)34-2;1-2/h3-13,15-16,18,23H,14,17,19H2,1-2H3;1-2H3/b4-3-,8-5-;. The van der Waals surface area contributed by atoms with E-state index in [1.54, 1.807) is 18.1 Å². The summed E-state index contributed by atoms with van der Waals surface area (Å²) in [6, 6.07) is 15.0. The van der Waals surface area contributed by atoms with Crippen molar-refractivity contribution in [3.8, 4) is 5.75 Å². The Morgan fingerprint density at radius 1 is 1.06 bits per heavy atom. The summed E-state index contributed by atoms with van der Waals surface area (Å²) in [7, 11) is 1.54. The molecule has 1 amide bonds. The van der Waals surface area contributed by atoms with E-state index < -0.39 is 11.6 Å². The molecule has 36 heavy (non-hydrogen) atoms. The lowest BCUT2D eigenvalue weighted by Crippen LogP contribution is -2.39. The molecule has 3 nitrogen and oxygen atoms in total. The Balaban J connectivity index is 0.00000176. The number of hydrogen-bond donors (Lipinski definition) is 0. The first-order valence-corrected chi connectivity index (χ1v) is 12.3. The van der Waals surface area contributed by atoms with Gasteiger partial charge in [0.1, 0.15) is 5.75 Å². The highest BCUT2D eigenvalue weighted by Gasteiger charge is 2.30. The van der Waals surface area contributed by atoms with Gasteiger partial charge in [0.15, 0.2) is 11.6 Å². The maximum Gasteiger partial charge on any atom is 0.258 e. The monoisotopic (exact) mass is 489 g/mol. The van der Waals surface area contributed by atoms with Crippen molar-refractivity contribution in [2.75, 3.05) is 7.11 Å². The van der Waals surface area contributed by atoms with Crippen molar-refractivity contribution >= 4 is 16.7 Å². The minimum absolute atomic E-state index is 0.116. The van der Waals surface area contributed by atoms with Crippen molar-refractivity contribution in [2.24, 2.45) is 0 Å². The Bertz CT molecular complexity index is 1290. The number of carbonyl (C=O) groups is 1. The van der Waals surface area contributed by atoms with E-state index >= 15 is 0 Å².